The number of aryl methyl sites for hydroxylation is 1. The van der Waals surface area contributed by atoms with Gasteiger partial charge in [-0.25, -0.2) is 22.7 Å². The van der Waals surface area contributed by atoms with Gasteiger partial charge in [0.05, 0.1) is 11.9 Å². The van der Waals surface area contributed by atoms with Crippen molar-refractivity contribution in [3.8, 4) is 11.3 Å². The molecule has 164 valence electrons. The molecule has 0 bridgehead atoms. The minimum Gasteiger partial charge on any atom is -0.383 e. The molecule has 0 unspecified atom stereocenters. The Kier molecular flexibility index (Phi) is 4.54. The number of carbonyl (C=O) groups is 1. The zero-order chi connectivity index (χ0) is 22.7. The molecular formula is C22H22N6O3S. The number of nitrogens with one attached hydrogen (secondary N) is 1. The van der Waals surface area contributed by atoms with Gasteiger partial charge in [-0.3, -0.25) is 9.78 Å². The molecule has 1 spiro atoms. The normalized spacial score (nSPS) is 20.5. The molecule has 1 atom stereocenters. The van der Waals surface area contributed by atoms with Crippen molar-refractivity contribution in [2.24, 2.45) is 5.41 Å². The van der Waals surface area contributed by atoms with Crippen LogP contribution in [0.15, 0.2) is 48.4 Å². The van der Waals surface area contributed by atoms with E-state index >= 15 is 0 Å². The lowest BCUT2D eigenvalue weighted by Gasteiger charge is -2.14. The minimum absolute atomic E-state index is 0.266. The van der Waals surface area contributed by atoms with Gasteiger partial charge in [-0.15, -0.1) is 0 Å². The van der Waals surface area contributed by atoms with Gasteiger partial charge in [-0.1, -0.05) is 6.08 Å². The first kappa shape index (κ1) is 20.5. The van der Waals surface area contributed by atoms with E-state index in [1.807, 2.05) is 25.1 Å². The van der Waals surface area contributed by atoms with E-state index < -0.39 is 15.4 Å². The van der Waals surface area contributed by atoms with Crippen LogP contribution in [0.3, 0.4) is 0 Å². The quantitative estimate of drug-likeness (QED) is 0.622. The van der Waals surface area contributed by atoms with Gasteiger partial charge < -0.3 is 11.1 Å². The van der Waals surface area contributed by atoms with Crippen LogP contribution in [-0.2, 0) is 14.8 Å². The molecule has 0 aromatic carbocycles. The Morgan fingerprint density at radius 1 is 1.28 bits per heavy atom. The smallest absolute Gasteiger partial charge is 0.253 e. The second-order valence-electron chi connectivity index (χ2n) is 8.39. The highest BCUT2D eigenvalue weighted by atomic mass is 32.2. The van der Waals surface area contributed by atoms with E-state index in [9.17, 15) is 13.2 Å². The molecule has 1 fully saturated rings. The molecule has 1 saturated heterocycles. The van der Waals surface area contributed by atoms with Crippen molar-refractivity contribution in [1.29, 1.82) is 0 Å². The Bertz CT molecular complexity index is 1420. The molecular weight excluding hydrogens is 428 g/mol. The van der Waals surface area contributed by atoms with Gasteiger partial charge in [0.1, 0.15) is 11.6 Å². The van der Waals surface area contributed by atoms with Crippen LogP contribution < -0.4 is 11.1 Å². The summed E-state index contributed by atoms with van der Waals surface area (Å²) in [6, 6.07) is 5.56. The molecule has 1 aliphatic heterocycles. The molecule has 3 aromatic rings. The third-order valence-electron chi connectivity index (χ3n) is 6.15. The van der Waals surface area contributed by atoms with E-state index in [2.05, 4.69) is 20.3 Å². The van der Waals surface area contributed by atoms with Crippen molar-refractivity contribution in [2.45, 2.75) is 13.3 Å². The molecule has 0 saturated carbocycles. The number of pyridine rings is 3. The van der Waals surface area contributed by atoms with Crippen LogP contribution >= 0.6 is 0 Å². The van der Waals surface area contributed by atoms with Gasteiger partial charge in [0.15, 0.2) is 0 Å². The SMILES string of the molecule is Cc1ccncc1-c1cc2cc(NC(=O)C3=C[C@]34CCN(S(C)(=O)=O)C4)ncc2c(N)n1. The lowest BCUT2D eigenvalue weighted by molar-refractivity contribution is -0.112. The Hall–Kier alpha value is -3.37. The van der Waals surface area contributed by atoms with Crippen molar-refractivity contribution >= 4 is 38.3 Å². The highest BCUT2D eigenvalue weighted by Gasteiger charge is 2.53. The summed E-state index contributed by atoms with van der Waals surface area (Å²) in [5, 5.41) is 4.32. The summed E-state index contributed by atoms with van der Waals surface area (Å²) in [7, 11) is -3.27. The van der Waals surface area contributed by atoms with Crippen molar-refractivity contribution < 1.29 is 13.2 Å². The lowest BCUT2D eigenvalue weighted by atomic mass is 9.99. The number of nitrogens with zero attached hydrogens (tertiary/aromatic N) is 4. The number of sulfonamides is 1. The maximum atomic E-state index is 12.8. The van der Waals surface area contributed by atoms with E-state index in [1.54, 1.807) is 24.7 Å². The van der Waals surface area contributed by atoms with Crippen LogP contribution in [0.1, 0.15) is 12.0 Å². The van der Waals surface area contributed by atoms with Gasteiger partial charge in [0.25, 0.3) is 5.91 Å². The molecule has 0 radical (unpaired) electrons. The van der Waals surface area contributed by atoms with Crippen LogP contribution in [0.4, 0.5) is 11.6 Å². The number of nitrogens with two attached hydrogens (primary N) is 1. The number of nitrogen functional groups attached to an aromatic ring is 1. The number of aromatic nitrogens is 3. The Labute approximate surface area is 185 Å². The number of fused-ring (bicyclic) bond motifs is 1. The van der Waals surface area contributed by atoms with Crippen LogP contribution in [-0.4, -0.2) is 52.9 Å². The van der Waals surface area contributed by atoms with Crippen LogP contribution in [0, 0.1) is 12.3 Å². The molecule has 4 heterocycles. The summed E-state index contributed by atoms with van der Waals surface area (Å²) < 4.78 is 25.0. The van der Waals surface area contributed by atoms with E-state index in [1.165, 1.54) is 10.6 Å². The van der Waals surface area contributed by atoms with Crippen LogP contribution in [0.25, 0.3) is 22.0 Å². The monoisotopic (exact) mass is 450 g/mol. The van der Waals surface area contributed by atoms with Gasteiger partial charge in [0.2, 0.25) is 10.0 Å². The zero-order valence-corrected chi connectivity index (χ0v) is 18.5. The predicted molar refractivity (Wildman–Crippen MR) is 122 cm³/mol. The molecule has 1 aliphatic carbocycles. The molecule has 10 heteroatoms. The summed E-state index contributed by atoms with van der Waals surface area (Å²) in [6.45, 7) is 2.71. The third kappa shape index (κ3) is 3.51. The van der Waals surface area contributed by atoms with Crippen molar-refractivity contribution in [1.82, 2.24) is 19.3 Å². The molecule has 9 nitrogen and oxygen atoms in total. The second kappa shape index (κ2) is 7.07. The van der Waals surface area contributed by atoms with Crippen molar-refractivity contribution in [2.75, 3.05) is 30.4 Å². The van der Waals surface area contributed by atoms with Gasteiger partial charge >= 0.3 is 0 Å². The van der Waals surface area contributed by atoms with Gasteiger partial charge in [-0.05, 0) is 42.5 Å². The van der Waals surface area contributed by atoms with E-state index in [0.29, 0.717) is 47.8 Å². The van der Waals surface area contributed by atoms with Crippen molar-refractivity contribution in [3.63, 3.8) is 0 Å². The number of anilines is 2. The van der Waals surface area contributed by atoms with Gasteiger partial charge in [0, 0.05) is 53.6 Å². The topological polar surface area (TPSA) is 131 Å². The first-order valence-electron chi connectivity index (χ1n) is 10.1. The molecule has 32 heavy (non-hydrogen) atoms. The number of hydrogen-bond acceptors (Lipinski definition) is 7. The summed E-state index contributed by atoms with van der Waals surface area (Å²) in [6.07, 6.45) is 8.71. The average Bonchev–Trinajstić information content (AvgIpc) is 3.26. The number of rotatable bonds is 4. The Balaban J connectivity index is 1.38. The Morgan fingerprint density at radius 3 is 2.81 bits per heavy atom. The molecule has 3 N–H and O–H groups in total. The fourth-order valence-electron chi connectivity index (χ4n) is 4.25. The predicted octanol–water partition coefficient (Wildman–Crippen LogP) is 2.11. The fraction of sp³-hybridized carbons (Fsp3) is 0.273. The standard InChI is InChI=1S/C22H22N6O3S/c1-13-3-5-24-10-15(13)18-7-14-8-19(25-11-16(14)20(23)26-18)27-21(29)17-9-22(17)4-6-28(12-22)32(2,30)31/h3,5,7-11H,4,6,12H2,1-2H3,(H2,23,26)(H,25,27,29)/t22-/m0/s1. The highest BCUT2D eigenvalue weighted by Crippen LogP contribution is 2.52. The Morgan fingerprint density at radius 2 is 2.09 bits per heavy atom. The van der Waals surface area contributed by atoms with Crippen molar-refractivity contribution in [3.05, 3.63) is 54.0 Å². The van der Waals surface area contributed by atoms with Crippen LogP contribution in [0.2, 0.25) is 0 Å². The second-order valence-corrected chi connectivity index (χ2v) is 10.4. The maximum Gasteiger partial charge on any atom is 0.253 e. The summed E-state index contributed by atoms with van der Waals surface area (Å²) in [5.41, 5.74) is 8.91. The third-order valence-corrected chi connectivity index (χ3v) is 7.40. The first-order chi connectivity index (χ1) is 15.2. The summed E-state index contributed by atoms with van der Waals surface area (Å²) >= 11 is 0. The first-order valence-corrected chi connectivity index (χ1v) is 12.0. The molecule has 1 amide bonds. The van der Waals surface area contributed by atoms with Crippen LogP contribution in [0.5, 0.6) is 0 Å². The summed E-state index contributed by atoms with van der Waals surface area (Å²) in [4.78, 5) is 25.8. The minimum atomic E-state index is -3.27. The number of carbonyl (C=O) groups excluding carboxylic acids is 1. The number of hydrogen-bond donors (Lipinski definition) is 2. The van der Waals surface area contributed by atoms with E-state index in [4.69, 9.17) is 5.73 Å². The molecule has 5 rings (SSSR count). The highest BCUT2D eigenvalue weighted by molar-refractivity contribution is 7.88. The largest absolute Gasteiger partial charge is 0.383 e. The van der Waals surface area contributed by atoms with E-state index in [-0.39, 0.29) is 5.91 Å². The maximum absolute atomic E-state index is 12.8. The lowest BCUT2D eigenvalue weighted by Crippen LogP contribution is -2.29. The fourth-order valence-corrected chi connectivity index (χ4v) is 5.13. The molecule has 2 aliphatic rings. The van der Waals surface area contributed by atoms with Gasteiger partial charge in [-0.2, -0.15) is 0 Å². The number of amides is 1. The molecule has 3 aromatic heterocycles. The average molecular weight is 451 g/mol. The summed E-state index contributed by atoms with van der Waals surface area (Å²) in [5.74, 6) is 0.474. The zero-order valence-electron chi connectivity index (χ0n) is 17.7. The van der Waals surface area contributed by atoms with E-state index in [0.717, 1.165) is 16.5 Å².